The number of hydrogen-bond acceptors (Lipinski definition) is 2. The Labute approximate surface area is 154 Å². The lowest BCUT2D eigenvalue weighted by molar-refractivity contribution is 0.203. The summed E-state index contributed by atoms with van der Waals surface area (Å²) in [6.07, 6.45) is 2.25. The highest BCUT2D eigenvalue weighted by atomic mass is 35.5. The number of nitrogens with zero attached hydrogens (tertiary/aromatic N) is 3. The minimum absolute atomic E-state index is 0.0698. The first-order valence-corrected chi connectivity index (χ1v) is 9.00. The van der Waals surface area contributed by atoms with E-state index in [1.807, 2.05) is 31.2 Å². The fraction of sp³-hybridized carbons (Fsp3) is 0.474. The summed E-state index contributed by atoms with van der Waals surface area (Å²) < 4.78 is 2.06. The van der Waals surface area contributed by atoms with Crippen LogP contribution in [-0.2, 0) is 13.1 Å². The molecule has 3 rings (SSSR count). The minimum atomic E-state index is -0.0698. The Morgan fingerprint density at radius 2 is 2.08 bits per heavy atom. The highest BCUT2D eigenvalue weighted by Gasteiger charge is 2.43. The summed E-state index contributed by atoms with van der Waals surface area (Å²) in [7, 11) is 1.79. The van der Waals surface area contributed by atoms with Crippen LogP contribution in [0.2, 0.25) is 5.02 Å². The van der Waals surface area contributed by atoms with Gasteiger partial charge in [-0.1, -0.05) is 29.8 Å². The van der Waals surface area contributed by atoms with Crippen LogP contribution in [0.25, 0.3) is 0 Å². The number of urea groups is 1. The molecule has 0 aliphatic heterocycles. The van der Waals surface area contributed by atoms with Crippen molar-refractivity contribution in [2.24, 2.45) is 5.41 Å². The van der Waals surface area contributed by atoms with Crippen LogP contribution in [0.5, 0.6) is 0 Å². The number of carbonyl (C=O) groups is 1. The van der Waals surface area contributed by atoms with E-state index >= 15 is 0 Å². The number of carbonyl (C=O) groups excluding carboxylic acids is 1. The van der Waals surface area contributed by atoms with Crippen molar-refractivity contribution < 1.29 is 4.79 Å². The Morgan fingerprint density at radius 3 is 2.68 bits per heavy atom. The molecule has 0 saturated heterocycles. The Kier molecular flexibility index (Phi) is 5.04. The van der Waals surface area contributed by atoms with Gasteiger partial charge in [0.25, 0.3) is 0 Å². The first-order valence-electron chi connectivity index (χ1n) is 8.62. The van der Waals surface area contributed by atoms with Gasteiger partial charge in [-0.15, -0.1) is 0 Å². The van der Waals surface area contributed by atoms with Crippen molar-refractivity contribution in [2.45, 2.75) is 39.8 Å². The minimum Gasteiger partial charge on any atom is -0.337 e. The first-order chi connectivity index (χ1) is 11.9. The van der Waals surface area contributed by atoms with E-state index < -0.39 is 0 Å². The van der Waals surface area contributed by atoms with Gasteiger partial charge in [-0.3, -0.25) is 4.68 Å². The van der Waals surface area contributed by atoms with Gasteiger partial charge in [-0.25, -0.2) is 4.79 Å². The van der Waals surface area contributed by atoms with Crippen LogP contribution in [0.15, 0.2) is 30.3 Å². The number of nitrogens with one attached hydrogen (secondary N) is 1. The van der Waals surface area contributed by atoms with Gasteiger partial charge in [0, 0.05) is 42.8 Å². The van der Waals surface area contributed by atoms with Gasteiger partial charge in [-0.2, -0.15) is 5.10 Å². The molecule has 1 heterocycles. The second-order valence-electron chi connectivity index (χ2n) is 7.19. The van der Waals surface area contributed by atoms with Crippen LogP contribution >= 0.6 is 11.6 Å². The number of amides is 2. The molecular formula is C19H25ClN4O. The molecule has 1 saturated carbocycles. The second kappa shape index (κ2) is 7.08. The summed E-state index contributed by atoms with van der Waals surface area (Å²) in [6, 6.07) is 9.63. The number of halogens is 1. The van der Waals surface area contributed by atoms with Crippen molar-refractivity contribution in [2.75, 3.05) is 13.6 Å². The zero-order valence-electron chi connectivity index (χ0n) is 15.1. The molecule has 1 aliphatic carbocycles. The lowest BCUT2D eigenvalue weighted by atomic mass is 10.1. The Hall–Kier alpha value is -2.01. The maximum atomic E-state index is 12.4. The Bertz CT molecular complexity index is 767. The monoisotopic (exact) mass is 360 g/mol. The van der Waals surface area contributed by atoms with Crippen LogP contribution in [-0.4, -0.2) is 34.3 Å². The molecule has 0 atom stereocenters. The molecule has 0 radical (unpaired) electrons. The molecule has 0 unspecified atom stereocenters. The van der Waals surface area contributed by atoms with Gasteiger partial charge in [-0.05, 0) is 44.4 Å². The van der Waals surface area contributed by atoms with Crippen LogP contribution in [0.3, 0.4) is 0 Å². The highest BCUT2D eigenvalue weighted by molar-refractivity contribution is 6.31. The molecule has 5 nitrogen and oxygen atoms in total. The summed E-state index contributed by atoms with van der Waals surface area (Å²) in [6.45, 7) is 6.12. The summed E-state index contributed by atoms with van der Waals surface area (Å²) >= 11 is 6.17. The predicted octanol–water partition coefficient (Wildman–Crippen LogP) is 3.78. The van der Waals surface area contributed by atoms with Gasteiger partial charge in [0.15, 0.2) is 0 Å². The van der Waals surface area contributed by atoms with Crippen LogP contribution in [0, 0.1) is 19.3 Å². The van der Waals surface area contributed by atoms with E-state index in [1.165, 1.54) is 5.69 Å². The van der Waals surface area contributed by atoms with Gasteiger partial charge >= 0.3 is 6.03 Å². The third kappa shape index (κ3) is 4.34. The van der Waals surface area contributed by atoms with E-state index in [1.54, 1.807) is 11.9 Å². The fourth-order valence-corrected chi connectivity index (χ4v) is 3.27. The average Bonchev–Trinajstić information content (AvgIpc) is 3.26. The zero-order valence-corrected chi connectivity index (χ0v) is 15.8. The number of hydrogen-bond donors (Lipinski definition) is 1. The summed E-state index contributed by atoms with van der Waals surface area (Å²) in [5, 5.41) is 8.30. The predicted molar refractivity (Wildman–Crippen MR) is 99.7 cm³/mol. The van der Waals surface area contributed by atoms with Gasteiger partial charge < -0.3 is 10.2 Å². The molecule has 0 spiro atoms. The summed E-state index contributed by atoms with van der Waals surface area (Å²) in [5.41, 5.74) is 3.30. The van der Waals surface area contributed by atoms with Crippen LogP contribution in [0.1, 0.15) is 29.8 Å². The lowest BCUT2D eigenvalue weighted by Gasteiger charge is -2.22. The summed E-state index contributed by atoms with van der Waals surface area (Å²) in [5.74, 6) is 0. The van der Waals surface area contributed by atoms with E-state index in [9.17, 15) is 4.79 Å². The molecule has 1 aromatic carbocycles. The Morgan fingerprint density at radius 1 is 1.36 bits per heavy atom. The van der Waals surface area contributed by atoms with Crippen LogP contribution in [0.4, 0.5) is 4.79 Å². The molecule has 25 heavy (non-hydrogen) atoms. The molecule has 2 aromatic rings. The second-order valence-corrected chi connectivity index (χ2v) is 7.60. The quantitative estimate of drug-likeness (QED) is 0.852. The highest BCUT2D eigenvalue weighted by Crippen LogP contribution is 2.46. The van der Waals surface area contributed by atoms with Crippen molar-refractivity contribution in [1.29, 1.82) is 0 Å². The summed E-state index contributed by atoms with van der Waals surface area (Å²) in [4.78, 5) is 14.1. The lowest BCUT2D eigenvalue weighted by Crippen LogP contribution is -2.40. The van der Waals surface area contributed by atoms with E-state index in [0.717, 1.165) is 30.6 Å². The normalized spacial score (nSPS) is 15.0. The van der Waals surface area contributed by atoms with Crippen molar-refractivity contribution >= 4 is 17.6 Å². The Balaban J connectivity index is 1.53. The van der Waals surface area contributed by atoms with Gasteiger partial charge in [0.05, 0.1) is 5.69 Å². The molecule has 1 aliphatic rings. The number of aromatic nitrogens is 2. The molecule has 0 bridgehead atoms. The fourth-order valence-electron chi connectivity index (χ4n) is 3.07. The standard InChI is InChI=1S/C19H25ClN4O/c1-14-10-15(2)24(22-14)13-19(8-9-19)12-21-18(25)23(3)11-16-6-4-5-7-17(16)20/h4-7,10H,8-9,11-13H2,1-3H3,(H,21,25). The topological polar surface area (TPSA) is 50.2 Å². The van der Waals surface area contributed by atoms with Crippen molar-refractivity contribution in [3.63, 3.8) is 0 Å². The van der Waals surface area contributed by atoms with E-state index in [0.29, 0.717) is 18.1 Å². The average molecular weight is 361 g/mol. The molecule has 6 heteroatoms. The molecule has 1 N–H and O–H groups in total. The zero-order chi connectivity index (χ0) is 18.0. The first kappa shape index (κ1) is 17.8. The maximum absolute atomic E-state index is 12.4. The third-order valence-electron chi connectivity index (χ3n) is 4.87. The van der Waals surface area contributed by atoms with Gasteiger partial charge in [0.1, 0.15) is 0 Å². The number of aryl methyl sites for hydroxylation is 2. The van der Waals surface area contributed by atoms with E-state index in [-0.39, 0.29) is 11.4 Å². The number of benzene rings is 1. The van der Waals surface area contributed by atoms with Gasteiger partial charge in [0.2, 0.25) is 0 Å². The largest absolute Gasteiger partial charge is 0.337 e. The van der Waals surface area contributed by atoms with Crippen molar-refractivity contribution in [1.82, 2.24) is 20.0 Å². The molecule has 134 valence electrons. The van der Waals surface area contributed by atoms with E-state index in [4.69, 9.17) is 11.6 Å². The van der Waals surface area contributed by atoms with Crippen molar-refractivity contribution in [3.8, 4) is 0 Å². The van der Waals surface area contributed by atoms with Crippen LogP contribution < -0.4 is 5.32 Å². The smallest absolute Gasteiger partial charge is 0.317 e. The SMILES string of the molecule is Cc1cc(C)n(CC2(CNC(=O)N(C)Cc3ccccc3Cl)CC2)n1. The number of rotatable bonds is 6. The molecule has 1 aromatic heterocycles. The molecule has 1 fully saturated rings. The molecule has 2 amide bonds. The maximum Gasteiger partial charge on any atom is 0.317 e. The third-order valence-corrected chi connectivity index (χ3v) is 5.24. The van der Waals surface area contributed by atoms with Crippen molar-refractivity contribution in [3.05, 3.63) is 52.3 Å². The molecular weight excluding hydrogens is 336 g/mol. The van der Waals surface area contributed by atoms with E-state index in [2.05, 4.69) is 28.1 Å².